The Morgan fingerprint density at radius 2 is 1.81 bits per heavy atom. The maximum atomic E-state index is 12.1. The molecule has 1 fully saturated rings. The summed E-state index contributed by atoms with van der Waals surface area (Å²) in [4.78, 5) is 22.4. The largest absolute Gasteiger partial charge is 0.481 e. The van der Waals surface area contributed by atoms with Gasteiger partial charge in [-0.05, 0) is 37.1 Å². The maximum Gasteiger partial charge on any atom is 0.310 e. The molecule has 0 unspecified atom stereocenters. The average Bonchev–Trinajstić information content (AvgIpc) is 3.26. The Balaban J connectivity index is 2.09. The predicted octanol–water partition coefficient (Wildman–Crippen LogP) is 0.189. The Labute approximate surface area is 122 Å². The molecule has 8 heteroatoms. The molecule has 1 aliphatic rings. The van der Waals surface area contributed by atoms with Crippen LogP contribution in [0, 0.1) is 5.41 Å². The van der Waals surface area contributed by atoms with Gasteiger partial charge in [0.05, 0.1) is 10.3 Å². The van der Waals surface area contributed by atoms with Crippen LogP contribution < -0.4 is 10.0 Å². The number of amides is 1. The summed E-state index contributed by atoms with van der Waals surface area (Å²) in [6.07, 6.45) is 0.945. The van der Waals surface area contributed by atoms with Crippen molar-refractivity contribution in [1.82, 2.24) is 10.0 Å². The molecule has 1 aromatic carbocycles. The van der Waals surface area contributed by atoms with Gasteiger partial charge >= 0.3 is 5.97 Å². The van der Waals surface area contributed by atoms with Crippen molar-refractivity contribution in [2.75, 3.05) is 13.6 Å². The number of nitrogens with one attached hydrogen (secondary N) is 2. The molecular formula is C13H16N2O5S. The molecule has 0 aromatic heterocycles. The van der Waals surface area contributed by atoms with Crippen LogP contribution in [0.3, 0.4) is 0 Å². The summed E-state index contributed by atoms with van der Waals surface area (Å²) < 4.78 is 26.5. The highest BCUT2D eigenvalue weighted by Crippen LogP contribution is 2.45. The lowest BCUT2D eigenvalue weighted by atomic mass is 10.1. The monoisotopic (exact) mass is 312 g/mol. The molecule has 7 nitrogen and oxygen atoms in total. The SMILES string of the molecule is CNC(=O)c1ccc(S(=O)(=O)NCC2(C(=O)O)CC2)cc1. The number of hydrogen-bond donors (Lipinski definition) is 3. The summed E-state index contributed by atoms with van der Waals surface area (Å²) >= 11 is 0. The Morgan fingerprint density at radius 1 is 1.24 bits per heavy atom. The van der Waals surface area contributed by atoms with Gasteiger partial charge in [-0.25, -0.2) is 13.1 Å². The molecule has 0 spiro atoms. The molecule has 3 N–H and O–H groups in total. The van der Waals surface area contributed by atoms with Crippen molar-refractivity contribution < 1.29 is 23.1 Å². The molecule has 1 aliphatic carbocycles. The first-order chi connectivity index (χ1) is 9.81. The lowest BCUT2D eigenvalue weighted by Gasteiger charge is -2.12. The first-order valence-corrected chi connectivity index (χ1v) is 7.84. The van der Waals surface area contributed by atoms with Gasteiger partial charge < -0.3 is 10.4 Å². The molecule has 0 aliphatic heterocycles. The highest BCUT2D eigenvalue weighted by atomic mass is 32.2. The highest BCUT2D eigenvalue weighted by molar-refractivity contribution is 7.89. The number of rotatable bonds is 6. The van der Waals surface area contributed by atoms with Crippen molar-refractivity contribution in [2.24, 2.45) is 5.41 Å². The van der Waals surface area contributed by atoms with E-state index in [2.05, 4.69) is 10.0 Å². The summed E-state index contributed by atoms with van der Waals surface area (Å²) in [7, 11) is -2.30. The summed E-state index contributed by atoms with van der Waals surface area (Å²) in [6, 6.07) is 5.43. The van der Waals surface area contributed by atoms with E-state index < -0.39 is 21.4 Å². The fraction of sp³-hybridized carbons (Fsp3) is 0.385. The van der Waals surface area contributed by atoms with Crippen LogP contribution in [0.25, 0.3) is 0 Å². The minimum Gasteiger partial charge on any atom is -0.481 e. The molecular weight excluding hydrogens is 296 g/mol. The molecule has 21 heavy (non-hydrogen) atoms. The third-order valence-corrected chi connectivity index (χ3v) is 4.98. The molecule has 1 amide bonds. The normalized spacial score (nSPS) is 16.2. The average molecular weight is 312 g/mol. The third kappa shape index (κ3) is 3.22. The van der Waals surface area contributed by atoms with E-state index in [1.165, 1.54) is 31.3 Å². The number of hydrogen-bond acceptors (Lipinski definition) is 4. The first-order valence-electron chi connectivity index (χ1n) is 6.36. The zero-order valence-corrected chi connectivity index (χ0v) is 12.2. The maximum absolute atomic E-state index is 12.1. The Hall–Kier alpha value is -1.93. The molecule has 114 valence electrons. The lowest BCUT2D eigenvalue weighted by Crippen LogP contribution is -2.34. The van der Waals surface area contributed by atoms with Gasteiger partial charge in [0.25, 0.3) is 5.91 Å². The van der Waals surface area contributed by atoms with E-state index in [-0.39, 0.29) is 17.3 Å². The van der Waals surface area contributed by atoms with Crippen LogP contribution in [0.1, 0.15) is 23.2 Å². The van der Waals surface area contributed by atoms with Gasteiger partial charge in [0.1, 0.15) is 0 Å². The molecule has 1 saturated carbocycles. The van der Waals surface area contributed by atoms with Crippen molar-refractivity contribution in [3.63, 3.8) is 0 Å². The number of carbonyl (C=O) groups is 2. The van der Waals surface area contributed by atoms with Crippen LogP contribution in [0.5, 0.6) is 0 Å². The number of carbonyl (C=O) groups excluding carboxylic acids is 1. The zero-order valence-electron chi connectivity index (χ0n) is 11.4. The number of carboxylic acids is 1. The summed E-state index contributed by atoms with van der Waals surface area (Å²) in [6.45, 7) is -0.123. The molecule has 0 atom stereocenters. The Bertz CT molecular complexity index is 662. The van der Waals surface area contributed by atoms with Crippen LogP contribution in [0.15, 0.2) is 29.2 Å². The molecule has 2 rings (SSSR count). The van der Waals surface area contributed by atoms with Gasteiger partial charge in [0, 0.05) is 19.2 Å². The standard InChI is InChI=1S/C13H16N2O5S/c1-14-11(16)9-2-4-10(5-3-9)21(19,20)15-8-13(6-7-13)12(17)18/h2-5,15H,6-8H2,1H3,(H,14,16)(H,17,18). The zero-order chi connectivity index (χ0) is 15.7. The van der Waals surface area contributed by atoms with E-state index in [9.17, 15) is 18.0 Å². The summed E-state index contributed by atoms with van der Waals surface area (Å²) in [5.41, 5.74) is -0.615. The van der Waals surface area contributed by atoms with Crippen LogP contribution >= 0.6 is 0 Å². The molecule has 0 bridgehead atoms. The first kappa shape index (κ1) is 15.5. The molecule has 1 aromatic rings. The van der Waals surface area contributed by atoms with E-state index >= 15 is 0 Å². The van der Waals surface area contributed by atoms with E-state index in [1.807, 2.05) is 0 Å². The second kappa shape index (κ2) is 5.45. The smallest absolute Gasteiger partial charge is 0.310 e. The van der Waals surface area contributed by atoms with Crippen molar-refractivity contribution in [1.29, 1.82) is 0 Å². The number of aliphatic carboxylic acids is 1. The lowest BCUT2D eigenvalue weighted by molar-refractivity contribution is -0.143. The van der Waals surface area contributed by atoms with Gasteiger partial charge in [-0.15, -0.1) is 0 Å². The van der Waals surface area contributed by atoms with Gasteiger partial charge in [-0.1, -0.05) is 0 Å². The van der Waals surface area contributed by atoms with E-state index in [4.69, 9.17) is 5.11 Å². The van der Waals surface area contributed by atoms with E-state index in [0.717, 1.165) is 0 Å². The van der Waals surface area contributed by atoms with Gasteiger partial charge in [0.15, 0.2) is 0 Å². The van der Waals surface area contributed by atoms with Crippen LogP contribution in [-0.4, -0.2) is 39.0 Å². The van der Waals surface area contributed by atoms with Crippen molar-refractivity contribution in [3.05, 3.63) is 29.8 Å². The Morgan fingerprint density at radius 3 is 2.24 bits per heavy atom. The van der Waals surface area contributed by atoms with Gasteiger partial charge in [-0.2, -0.15) is 0 Å². The highest BCUT2D eigenvalue weighted by Gasteiger charge is 2.50. The second-order valence-electron chi connectivity index (χ2n) is 5.01. The van der Waals surface area contributed by atoms with Gasteiger partial charge in [0.2, 0.25) is 10.0 Å². The minimum absolute atomic E-state index is 0.00339. The quantitative estimate of drug-likeness (QED) is 0.694. The summed E-state index contributed by atoms with van der Waals surface area (Å²) in [5, 5.41) is 11.5. The van der Waals surface area contributed by atoms with E-state index in [0.29, 0.717) is 18.4 Å². The topological polar surface area (TPSA) is 113 Å². The third-order valence-electron chi connectivity index (χ3n) is 3.56. The van der Waals surface area contributed by atoms with Crippen LogP contribution in [0.4, 0.5) is 0 Å². The molecule has 0 radical (unpaired) electrons. The van der Waals surface area contributed by atoms with Crippen molar-refractivity contribution in [2.45, 2.75) is 17.7 Å². The van der Waals surface area contributed by atoms with Crippen molar-refractivity contribution >= 4 is 21.9 Å². The predicted molar refractivity (Wildman–Crippen MR) is 74.3 cm³/mol. The van der Waals surface area contributed by atoms with E-state index in [1.54, 1.807) is 0 Å². The molecule has 0 saturated heterocycles. The van der Waals surface area contributed by atoms with Gasteiger partial charge in [-0.3, -0.25) is 9.59 Å². The van der Waals surface area contributed by atoms with Crippen LogP contribution in [0.2, 0.25) is 0 Å². The number of sulfonamides is 1. The number of carboxylic acid groups (broad SMARTS) is 1. The number of benzene rings is 1. The fourth-order valence-electron chi connectivity index (χ4n) is 1.86. The Kier molecular flexibility index (Phi) is 4.02. The minimum atomic E-state index is -3.78. The van der Waals surface area contributed by atoms with Crippen molar-refractivity contribution in [3.8, 4) is 0 Å². The fourth-order valence-corrected chi connectivity index (χ4v) is 2.99. The molecule has 0 heterocycles. The second-order valence-corrected chi connectivity index (χ2v) is 6.78. The summed E-state index contributed by atoms with van der Waals surface area (Å²) in [5.74, 6) is -1.30. The van der Waals surface area contributed by atoms with Crippen LogP contribution in [-0.2, 0) is 14.8 Å².